The number of quaternary nitrogens is 1. The first-order valence-corrected chi connectivity index (χ1v) is 6.74. The van der Waals surface area contributed by atoms with E-state index in [1.54, 1.807) is 12.1 Å². The van der Waals surface area contributed by atoms with Crippen molar-refractivity contribution in [3.63, 3.8) is 0 Å². The Kier molecular flexibility index (Phi) is 4.50. The van der Waals surface area contributed by atoms with E-state index >= 15 is 0 Å². The molecular formula is C17H19N3O. The average Bonchev–Trinajstić information content (AvgIpc) is 2.47. The number of hydrogen-bond donors (Lipinski definition) is 0. The van der Waals surface area contributed by atoms with E-state index in [2.05, 4.69) is 10.1 Å². The van der Waals surface area contributed by atoms with E-state index in [1.165, 1.54) is 0 Å². The summed E-state index contributed by atoms with van der Waals surface area (Å²) in [5.41, 5.74) is 1.39. The van der Waals surface area contributed by atoms with Crippen LogP contribution in [0.15, 0.2) is 70.8 Å². The van der Waals surface area contributed by atoms with E-state index in [9.17, 15) is 5.11 Å². The van der Waals surface area contributed by atoms with Gasteiger partial charge < -0.3 is 5.11 Å². The van der Waals surface area contributed by atoms with Gasteiger partial charge in [0.1, 0.15) is 0 Å². The van der Waals surface area contributed by atoms with Crippen LogP contribution in [0.3, 0.4) is 0 Å². The van der Waals surface area contributed by atoms with Gasteiger partial charge in [-0.05, 0) is 11.5 Å². The second-order valence-electron chi connectivity index (χ2n) is 5.51. The summed E-state index contributed by atoms with van der Waals surface area (Å²) < 4.78 is 0.343. The number of aliphatic imine (C=N–C) groups is 1. The second kappa shape index (κ2) is 6.33. The molecule has 2 aromatic rings. The van der Waals surface area contributed by atoms with E-state index in [-0.39, 0.29) is 5.90 Å². The van der Waals surface area contributed by atoms with Crippen molar-refractivity contribution in [1.82, 2.24) is 0 Å². The van der Waals surface area contributed by atoms with E-state index < -0.39 is 0 Å². The van der Waals surface area contributed by atoms with Crippen molar-refractivity contribution < 1.29 is 9.70 Å². The van der Waals surface area contributed by atoms with Crippen LogP contribution in [0.4, 0.5) is 0 Å². The molecule has 0 aliphatic carbocycles. The van der Waals surface area contributed by atoms with E-state index in [1.807, 2.05) is 69.7 Å². The van der Waals surface area contributed by atoms with Gasteiger partial charge in [0.2, 0.25) is 5.84 Å². The quantitative estimate of drug-likeness (QED) is 0.367. The second-order valence-corrected chi connectivity index (χ2v) is 5.51. The zero-order valence-electron chi connectivity index (χ0n) is 12.5. The molecule has 0 heterocycles. The first-order chi connectivity index (χ1) is 9.96. The standard InChI is InChI=1S/C17H19N3O/c1-20(2,3)19-16(14-10-6-4-7-11-14)18-17(21)15-12-8-5-9-13-15/h4-13H,1-3H3. The monoisotopic (exact) mass is 281 g/mol. The van der Waals surface area contributed by atoms with E-state index in [0.29, 0.717) is 16.0 Å². The summed E-state index contributed by atoms with van der Waals surface area (Å²) in [4.78, 5) is 4.20. The topological polar surface area (TPSA) is 47.8 Å². The van der Waals surface area contributed by atoms with E-state index in [4.69, 9.17) is 0 Å². The maximum atomic E-state index is 12.3. The van der Waals surface area contributed by atoms with Crippen molar-refractivity contribution >= 4 is 11.7 Å². The maximum Gasteiger partial charge on any atom is 0.214 e. The minimum atomic E-state index is -0.286. The molecule has 0 fully saturated rings. The fourth-order valence-corrected chi connectivity index (χ4v) is 1.76. The molecule has 0 saturated heterocycles. The van der Waals surface area contributed by atoms with Crippen molar-refractivity contribution in [3.05, 3.63) is 71.8 Å². The van der Waals surface area contributed by atoms with E-state index in [0.717, 1.165) is 5.56 Å². The highest BCUT2D eigenvalue weighted by Gasteiger charge is 2.10. The van der Waals surface area contributed by atoms with Gasteiger partial charge in [0.25, 0.3) is 0 Å². The number of amidine groups is 1. The molecule has 0 aliphatic heterocycles. The Morgan fingerprint density at radius 1 is 0.810 bits per heavy atom. The molecule has 0 unspecified atom stereocenters. The highest BCUT2D eigenvalue weighted by Crippen LogP contribution is 2.07. The molecule has 108 valence electrons. The van der Waals surface area contributed by atoms with Crippen LogP contribution in [0.1, 0.15) is 11.1 Å². The summed E-state index contributed by atoms with van der Waals surface area (Å²) in [6.07, 6.45) is 0. The third kappa shape index (κ3) is 4.54. The van der Waals surface area contributed by atoms with Crippen LogP contribution in [0.5, 0.6) is 0 Å². The van der Waals surface area contributed by atoms with Crippen molar-refractivity contribution in [2.75, 3.05) is 21.1 Å². The van der Waals surface area contributed by atoms with Gasteiger partial charge in [0.05, 0.1) is 21.1 Å². The Hall–Kier alpha value is -2.46. The van der Waals surface area contributed by atoms with Crippen molar-refractivity contribution in [3.8, 4) is 0 Å². The molecule has 4 heteroatoms. The Morgan fingerprint density at radius 3 is 1.76 bits per heavy atom. The Bertz CT molecular complexity index is 641. The van der Waals surface area contributed by atoms with Crippen LogP contribution >= 0.6 is 0 Å². The third-order valence-electron chi connectivity index (χ3n) is 2.65. The van der Waals surface area contributed by atoms with Crippen LogP contribution in [-0.2, 0) is 0 Å². The first-order valence-electron chi connectivity index (χ1n) is 6.74. The fraction of sp³-hybridized carbons (Fsp3) is 0.176. The van der Waals surface area contributed by atoms with Crippen molar-refractivity contribution in [2.45, 2.75) is 0 Å². The molecule has 21 heavy (non-hydrogen) atoms. The highest BCUT2D eigenvalue weighted by molar-refractivity contribution is 6.07. The SMILES string of the molecule is C[N+](C)(C)/N=C(/N=C([O-])c1ccccc1)c1ccccc1. The minimum absolute atomic E-state index is 0.286. The van der Waals surface area contributed by atoms with Gasteiger partial charge in [0.15, 0.2) is 0 Å². The molecule has 2 aromatic carbocycles. The van der Waals surface area contributed by atoms with Crippen LogP contribution in [0.25, 0.3) is 0 Å². The molecule has 0 aromatic heterocycles. The summed E-state index contributed by atoms with van der Waals surface area (Å²) >= 11 is 0. The van der Waals surface area contributed by atoms with Gasteiger partial charge in [-0.25, -0.2) is 9.58 Å². The highest BCUT2D eigenvalue weighted by atomic mass is 16.3. The lowest BCUT2D eigenvalue weighted by Gasteiger charge is -2.18. The minimum Gasteiger partial charge on any atom is -0.858 e. The zero-order valence-corrected chi connectivity index (χ0v) is 12.5. The average molecular weight is 281 g/mol. The summed E-state index contributed by atoms with van der Waals surface area (Å²) in [7, 11) is 5.77. The largest absolute Gasteiger partial charge is 0.858 e. The van der Waals surface area contributed by atoms with Gasteiger partial charge in [-0.2, -0.15) is 0 Å². The molecule has 2 rings (SSSR count). The summed E-state index contributed by atoms with van der Waals surface area (Å²) in [6, 6.07) is 18.5. The van der Waals surface area contributed by atoms with Crippen LogP contribution in [-0.4, -0.2) is 37.5 Å². The fourth-order valence-electron chi connectivity index (χ4n) is 1.76. The van der Waals surface area contributed by atoms with Gasteiger partial charge in [-0.15, -0.1) is 0 Å². The lowest BCUT2D eigenvalue weighted by Crippen LogP contribution is -2.30. The molecule has 0 N–H and O–H groups in total. The molecule has 0 aliphatic rings. The molecule has 0 saturated carbocycles. The Morgan fingerprint density at radius 2 is 1.29 bits per heavy atom. The lowest BCUT2D eigenvalue weighted by molar-refractivity contribution is -0.877. The maximum absolute atomic E-state index is 12.3. The normalized spacial score (nSPS) is 13.3. The predicted octanol–water partition coefficient (Wildman–Crippen LogP) is 1.86. The van der Waals surface area contributed by atoms with Gasteiger partial charge in [-0.3, -0.25) is 0 Å². The Labute approximate surface area is 125 Å². The molecule has 0 amide bonds. The number of hydrogen-bond acceptors (Lipinski definition) is 2. The van der Waals surface area contributed by atoms with Gasteiger partial charge in [0, 0.05) is 5.56 Å². The third-order valence-corrected chi connectivity index (χ3v) is 2.65. The summed E-state index contributed by atoms with van der Waals surface area (Å²) in [6.45, 7) is 0. The molecule has 0 spiro atoms. The van der Waals surface area contributed by atoms with Gasteiger partial charge in [-0.1, -0.05) is 65.8 Å². The van der Waals surface area contributed by atoms with Crippen LogP contribution in [0, 0.1) is 0 Å². The molecule has 0 bridgehead atoms. The number of benzene rings is 2. The first kappa shape index (κ1) is 14.9. The van der Waals surface area contributed by atoms with Crippen LogP contribution < -0.4 is 5.11 Å². The molecule has 0 radical (unpaired) electrons. The number of nitrogens with zero attached hydrogens (tertiary/aromatic N) is 3. The smallest absolute Gasteiger partial charge is 0.214 e. The number of rotatable bonds is 3. The summed E-state index contributed by atoms with van der Waals surface area (Å²) in [5.74, 6) is 0.156. The lowest BCUT2D eigenvalue weighted by atomic mass is 10.2. The molecule has 4 nitrogen and oxygen atoms in total. The Balaban J connectivity index is 2.45. The summed E-state index contributed by atoms with van der Waals surface area (Å²) in [5, 5.41) is 16.8. The zero-order chi connectivity index (χ0) is 15.3. The molecule has 0 atom stereocenters. The molecular weight excluding hydrogens is 262 g/mol. The van der Waals surface area contributed by atoms with Gasteiger partial charge >= 0.3 is 0 Å². The predicted molar refractivity (Wildman–Crippen MR) is 84.0 cm³/mol. The van der Waals surface area contributed by atoms with Crippen molar-refractivity contribution in [1.29, 1.82) is 0 Å². The van der Waals surface area contributed by atoms with Crippen molar-refractivity contribution in [2.24, 2.45) is 10.1 Å². The van der Waals surface area contributed by atoms with Crippen LogP contribution in [0.2, 0.25) is 0 Å².